The quantitative estimate of drug-likeness (QED) is 0.559. The van der Waals surface area contributed by atoms with Crippen LogP contribution in [0.15, 0.2) is 57.5 Å². The van der Waals surface area contributed by atoms with Crippen molar-refractivity contribution in [3.8, 4) is 17.1 Å². The minimum atomic E-state index is 0.337. The highest BCUT2D eigenvalue weighted by molar-refractivity contribution is 9.10. The van der Waals surface area contributed by atoms with Gasteiger partial charge in [-0.15, -0.1) is 0 Å². The first-order valence-electron chi connectivity index (χ1n) is 8.00. The van der Waals surface area contributed by atoms with E-state index in [2.05, 4.69) is 36.7 Å². The second kappa shape index (κ2) is 8.77. The normalized spacial score (nSPS) is 10.4. The van der Waals surface area contributed by atoms with Crippen molar-refractivity contribution < 1.29 is 9.26 Å². The Morgan fingerprint density at radius 2 is 2.04 bits per heavy atom. The molecule has 134 valence electrons. The van der Waals surface area contributed by atoms with Gasteiger partial charge in [-0.3, -0.25) is 0 Å². The molecule has 1 heterocycles. The summed E-state index contributed by atoms with van der Waals surface area (Å²) in [5, 5.41) is 10.6. The van der Waals surface area contributed by atoms with Crippen molar-refractivity contribution in [3.05, 3.63) is 58.9 Å². The van der Waals surface area contributed by atoms with Crippen molar-refractivity contribution in [2.75, 3.05) is 11.9 Å². The van der Waals surface area contributed by atoms with E-state index in [1.807, 2.05) is 55.5 Å². The molecule has 3 rings (SSSR count). The maximum absolute atomic E-state index is 5.42. The van der Waals surface area contributed by atoms with Crippen LogP contribution in [0.2, 0.25) is 0 Å². The highest BCUT2D eigenvalue weighted by atomic mass is 79.9. The zero-order valence-corrected chi connectivity index (χ0v) is 16.4. The molecule has 8 heteroatoms. The highest BCUT2D eigenvalue weighted by Gasteiger charge is 2.09. The van der Waals surface area contributed by atoms with Crippen LogP contribution in [-0.4, -0.2) is 21.9 Å². The minimum Gasteiger partial charge on any atom is -0.494 e. The molecule has 0 aliphatic rings. The SMILES string of the molecule is CCOc1ccc(-c2noc(CNC(=S)Nc3cccc(Br)c3)n2)cc1. The number of nitrogens with zero attached hydrogens (tertiary/aromatic N) is 2. The number of nitrogens with one attached hydrogen (secondary N) is 2. The van der Waals surface area contributed by atoms with Gasteiger partial charge in [0.1, 0.15) is 5.75 Å². The number of anilines is 1. The van der Waals surface area contributed by atoms with Crippen molar-refractivity contribution in [2.45, 2.75) is 13.5 Å². The number of thiocarbonyl (C=S) groups is 1. The van der Waals surface area contributed by atoms with E-state index in [1.165, 1.54) is 0 Å². The predicted molar refractivity (Wildman–Crippen MR) is 108 cm³/mol. The van der Waals surface area contributed by atoms with Gasteiger partial charge in [-0.2, -0.15) is 4.98 Å². The summed E-state index contributed by atoms with van der Waals surface area (Å²) in [5.74, 6) is 1.79. The topological polar surface area (TPSA) is 72.2 Å². The lowest BCUT2D eigenvalue weighted by Gasteiger charge is -2.08. The molecule has 6 nitrogen and oxygen atoms in total. The first kappa shape index (κ1) is 18.3. The highest BCUT2D eigenvalue weighted by Crippen LogP contribution is 2.20. The number of aromatic nitrogens is 2. The Balaban J connectivity index is 1.55. The largest absolute Gasteiger partial charge is 0.494 e. The van der Waals surface area contributed by atoms with Gasteiger partial charge in [0.2, 0.25) is 11.7 Å². The van der Waals surface area contributed by atoms with Gasteiger partial charge in [0.15, 0.2) is 5.11 Å². The van der Waals surface area contributed by atoms with Crippen LogP contribution in [0.25, 0.3) is 11.4 Å². The third kappa shape index (κ3) is 5.03. The molecule has 0 saturated heterocycles. The Kier molecular flexibility index (Phi) is 6.19. The number of rotatable bonds is 6. The Labute approximate surface area is 165 Å². The summed E-state index contributed by atoms with van der Waals surface area (Å²) in [6.07, 6.45) is 0. The molecule has 26 heavy (non-hydrogen) atoms. The van der Waals surface area contributed by atoms with Crippen molar-refractivity contribution in [1.29, 1.82) is 0 Å². The average Bonchev–Trinajstić information content (AvgIpc) is 3.10. The van der Waals surface area contributed by atoms with E-state index in [4.69, 9.17) is 21.5 Å². The molecule has 0 fully saturated rings. The Morgan fingerprint density at radius 1 is 1.23 bits per heavy atom. The van der Waals surface area contributed by atoms with Gasteiger partial charge in [0.05, 0.1) is 13.2 Å². The van der Waals surface area contributed by atoms with Crippen molar-refractivity contribution >= 4 is 38.9 Å². The van der Waals surface area contributed by atoms with E-state index < -0.39 is 0 Å². The van der Waals surface area contributed by atoms with Crippen LogP contribution in [-0.2, 0) is 6.54 Å². The van der Waals surface area contributed by atoms with Crippen LogP contribution < -0.4 is 15.4 Å². The second-order valence-electron chi connectivity index (χ2n) is 5.29. The van der Waals surface area contributed by atoms with E-state index in [0.29, 0.717) is 30.0 Å². The fraction of sp³-hybridized carbons (Fsp3) is 0.167. The monoisotopic (exact) mass is 432 g/mol. The molecule has 0 radical (unpaired) electrons. The van der Waals surface area contributed by atoms with Crippen LogP contribution in [0.4, 0.5) is 5.69 Å². The summed E-state index contributed by atoms with van der Waals surface area (Å²) in [6.45, 7) is 2.91. The molecule has 0 aliphatic heterocycles. The molecule has 0 aliphatic carbocycles. The van der Waals surface area contributed by atoms with E-state index in [1.54, 1.807) is 0 Å². The van der Waals surface area contributed by atoms with Crippen molar-refractivity contribution in [2.24, 2.45) is 0 Å². The van der Waals surface area contributed by atoms with Crippen LogP contribution in [0, 0.1) is 0 Å². The van der Waals surface area contributed by atoms with Crippen LogP contribution in [0.5, 0.6) is 5.75 Å². The van der Waals surface area contributed by atoms with E-state index in [9.17, 15) is 0 Å². The lowest BCUT2D eigenvalue weighted by molar-refractivity contribution is 0.340. The fourth-order valence-electron chi connectivity index (χ4n) is 2.21. The molecule has 1 aromatic heterocycles. The van der Waals surface area contributed by atoms with Crippen LogP contribution in [0.1, 0.15) is 12.8 Å². The molecule has 2 N–H and O–H groups in total. The van der Waals surface area contributed by atoms with Crippen molar-refractivity contribution in [1.82, 2.24) is 15.5 Å². The maximum Gasteiger partial charge on any atom is 0.246 e. The van der Waals surface area contributed by atoms with Gasteiger partial charge in [0, 0.05) is 15.7 Å². The summed E-state index contributed by atoms with van der Waals surface area (Å²) in [6, 6.07) is 15.3. The van der Waals surface area contributed by atoms with Gasteiger partial charge < -0.3 is 19.9 Å². The maximum atomic E-state index is 5.42. The predicted octanol–water partition coefficient (Wildman–Crippen LogP) is 4.38. The fourth-order valence-corrected chi connectivity index (χ4v) is 2.80. The number of hydrogen-bond acceptors (Lipinski definition) is 5. The lowest BCUT2D eigenvalue weighted by Crippen LogP contribution is -2.27. The zero-order valence-electron chi connectivity index (χ0n) is 14.0. The summed E-state index contributed by atoms with van der Waals surface area (Å²) in [7, 11) is 0. The van der Waals surface area contributed by atoms with Crippen LogP contribution >= 0.6 is 28.1 Å². The smallest absolute Gasteiger partial charge is 0.246 e. The molecule has 0 amide bonds. The molecule has 3 aromatic rings. The Hall–Kier alpha value is -2.45. The second-order valence-corrected chi connectivity index (χ2v) is 6.61. The lowest BCUT2D eigenvalue weighted by atomic mass is 10.2. The van der Waals surface area contributed by atoms with Crippen LogP contribution in [0.3, 0.4) is 0 Å². The molecule has 0 bridgehead atoms. The van der Waals surface area contributed by atoms with E-state index in [0.717, 1.165) is 21.5 Å². The third-order valence-corrected chi connectivity index (χ3v) is 4.11. The molecular weight excluding hydrogens is 416 g/mol. The molecule has 0 atom stereocenters. The van der Waals surface area contributed by atoms with Gasteiger partial charge >= 0.3 is 0 Å². The summed E-state index contributed by atoms with van der Waals surface area (Å²) in [5.41, 5.74) is 1.75. The van der Waals surface area contributed by atoms with Gasteiger partial charge in [-0.25, -0.2) is 0 Å². The minimum absolute atomic E-state index is 0.337. The van der Waals surface area contributed by atoms with E-state index in [-0.39, 0.29) is 0 Å². The number of hydrogen-bond donors (Lipinski definition) is 2. The van der Waals surface area contributed by atoms with Gasteiger partial charge in [-0.1, -0.05) is 27.2 Å². The third-order valence-electron chi connectivity index (χ3n) is 3.37. The molecule has 0 saturated carbocycles. The Morgan fingerprint density at radius 3 is 2.77 bits per heavy atom. The molecule has 0 unspecified atom stereocenters. The first-order chi connectivity index (χ1) is 12.6. The standard InChI is InChI=1S/C18H17BrN4O2S/c1-2-24-15-8-6-12(7-9-15)17-22-16(25-23-17)11-20-18(26)21-14-5-3-4-13(19)10-14/h3-10H,2,11H2,1H3,(H2,20,21,26). The van der Waals surface area contributed by atoms with Gasteiger partial charge in [-0.05, 0) is 61.6 Å². The molecule has 0 spiro atoms. The number of benzene rings is 2. The van der Waals surface area contributed by atoms with Gasteiger partial charge in [0.25, 0.3) is 0 Å². The summed E-state index contributed by atoms with van der Waals surface area (Å²) >= 11 is 8.70. The number of ether oxygens (including phenoxy) is 1. The number of halogens is 1. The Bertz CT molecular complexity index is 883. The average molecular weight is 433 g/mol. The van der Waals surface area contributed by atoms with E-state index >= 15 is 0 Å². The summed E-state index contributed by atoms with van der Waals surface area (Å²) < 4.78 is 11.7. The molecule has 2 aromatic carbocycles. The zero-order chi connectivity index (χ0) is 18.4. The first-order valence-corrected chi connectivity index (χ1v) is 9.20. The molecular formula is C18H17BrN4O2S. The summed E-state index contributed by atoms with van der Waals surface area (Å²) in [4.78, 5) is 4.37. The van der Waals surface area contributed by atoms with Crippen molar-refractivity contribution in [3.63, 3.8) is 0 Å².